The molecule has 0 aromatic rings. The molecule has 104 valence electrons. The lowest BCUT2D eigenvalue weighted by atomic mass is 9.91. The summed E-state index contributed by atoms with van der Waals surface area (Å²) >= 11 is 0. The zero-order valence-corrected chi connectivity index (χ0v) is 11.0. The van der Waals surface area contributed by atoms with E-state index in [2.05, 4.69) is 0 Å². The van der Waals surface area contributed by atoms with Crippen LogP contribution >= 0.6 is 0 Å². The smallest absolute Gasteiger partial charge is 0.332 e. The van der Waals surface area contributed by atoms with Gasteiger partial charge in [0.05, 0.1) is 17.3 Å². The summed E-state index contributed by atoms with van der Waals surface area (Å²) in [7, 11) is 0. The van der Waals surface area contributed by atoms with Gasteiger partial charge in [0.1, 0.15) is 0 Å². The molecule has 1 unspecified atom stereocenters. The van der Waals surface area contributed by atoms with Crippen LogP contribution in [0.15, 0.2) is 34.9 Å². The highest BCUT2D eigenvalue weighted by molar-refractivity contribution is 5.99. The lowest BCUT2D eigenvalue weighted by Gasteiger charge is -2.15. The third-order valence-electron chi connectivity index (χ3n) is 2.93. The van der Waals surface area contributed by atoms with E-state index in [0.717, 1.165) is 0 Å². The Labute approximate surface area is 111 Å². The van der Waals surface area contributed by atoms with Gasteiger partial charge in [0.2, 0.25) is 0 Å². The standard InChI is InChI=1S/C14H18O5/c1-8(2)12(14(18)19)11(13(16)17)7-9-3-5-10(15)6-4-9/h3-5,8,10,15H,6-7H2,1-2H3,(H,16,17)(H,18,19)/b12-11-. The van der Waals surface area contributed by atoms with Crippen molar-refractivity contribution in [3.05, 3.63) is 34.9 Å². The number of aliphatic hydroxyl groups is 1. The second kappa shape index (κ2) is 6.33. The van der Waals surface area contributed by atoms with Crippen LogP contribution in [0.3, 0.4) is 0 Å². The van der Waals surface area contributed by atoms with E-state index in [9.17, 15) is 19.8 Å². The minimum Gasteiger partial charge on any atom is -0.478 e. The molecule has 0 aromatic carbocycles. The Balaban J connectivity index is 3.09. The van der Waals surface area contributed by atoms with Crippen LogP contribution in [0.25, 0.3) is 0 Å². The van der Waals surface area contributed by atoms with Crippen molar-refractivity contribution >= 4 is 11.9 Å². The van der Waals surface area contributed by atoms with E-state index in [-0.39, 0.29) is 23.5 Å². The summed E-state index contributed by atoms with van der Waals surface area (Å²) < 4.78 is 0. The lowest BCUT2D eigenvalue weighted by Crippen LogP contribution is -2.16. The first-order valence-electron chi connectivity index (χ1n) is 6.07. The van der Waals surface area contributed by atoms with Crippen molar-refractivity contribution in [2.45, 2.75) is 32.8 Å². The van der Waals surface area contributed by atoms with Gasteiger partial charge in [0.15, 0.2) is 0 Å². The molecule has 1 aliphatic carbocycles. The molecule has 0 bridgehead atoms. The van der Waals surface area contributed by atoms with Crippen LogP contribution in [0.5, 0.6) is 0 Å². The monoisotopic (exact) mass is 266 g/mol. The highest BCUT2D eigenvalue weighted by Crippen LogP contribution is 2.24. The van der Waals surface area contributed by atoms with E-state index in [4.69, 9.17) is 5.11 Å². The molecule has 19 heavy (non-hydrogen) atoms. The summed E-state index contributed by atoms with van der Waals surface area (Å²) in [6.45, 7) is 3.31. The number of carbonyl (C=O) groups is 2. The molecule has 0 heterocycles. The van der Waals surface area contributed by atoms with E-state index >= 15 is 0 Å². The Bertz CT molecular complexity index is 468. The second-order valence-electron chi connectivity index (χ2n) is 4.78. The number of aliphatic carboxylic acids is 2. The van der Waals surface area contributed by atoms with Crippen molar-refractivity contribution < 1.29 is 24.9 Å². The van der Waals surface area contributed by atoms with Gasteiger partial charge in [-0.2, -0.15) is 0 Å². The molecular weight excluding hydrogens is 248 g/mol. The zero-order valence-electron chi connectivity index (χ0n) is 11.0. The maximum Gasteiger partial charge on any atom is 0.332 e. The number of aliphatic hydroxyl groups excluding tert-OH is 1. The first-order chi connectivity index (χ1) is 8.82. The molecule has 0 aromatic heterocycles. The largest absolute Gasteiger partial charge is 0.478 e. The molecule has 0 fully saturated rings. The van der Waals surface area contributed by atoms with Gasteiger partial charge < -0.3 is 15.3 Å². The normalized spacial score (nSPS) is 20.0. The van der Waals surface area contributed by atoms with Gasteiger partial charge in [-0.25, -0.2) is 9.59 Å². The SMILES string of the molecule is CC(C)/C(C(=O)O)=C(\CC1=CCC(O)C=C1)C(=O)O. The minimum absolute atomic E-state index is 0.0539. The predicted octanol–water partition coefficient (Wildman–Crippen LogP) is 1.75. The number of allylic oxidation sites excluding steroid dienone is 2. The van der Waals surface area contributed by atoms with E-state index in [1.807, 2.05) is 0 Å². The van der Waals surface area contributed by atoms with Crippen molar-refractivity contribution in [2.24, 2.45) is 5.92 Å². The molecule has 0 aliphatic heterocycles. The van der Waals surface area contributed by atoms with Crippen LogP contribution < -0.4 is 0 Å². The van der Waals surface area contributed by atoms with Crippen LogP contribution in [-0.4, -0.2) is 33.4 Å². The number of hydrogen-bond acceptors (Lipinski definition) is 3. The summed E-state index contributed by atoms with van der Waals surface area (Å²) in [6, 6.07) is 0. The van der Waals surface area contributed by atoms with Crippen molar-refractivity contribution in [1.82, 2.24) is 0 Å². The van der Waals surface area contributed by atoms with Gasteiger partial charge in [-0.15, -0.1) is 0 Å². The minimum atomic E-state index is -1.22. The fourth-order valence-electron chi connectivity index (χ4n) is 2.00. The number of rotatable bonds is 5. The average molecular weight is 266 g/mol. The Hall–Kier alpha value is -1.88. The van der Waals surface area contributed by atoms with Gasteiger partial charge in [0, 0.05) is 6.42 Å². The summed E-state index contributed by atoms with van der Waals surface area (Å²) in [6.07, 6.45) is 4.86. The van der Waals surface area contributed by atoms with E-state index < -0.39 is 18.0 Å². The first kappa shape index (κ1) is 15.2. The van der Waals surface area contributed by atoms with Gasteiger partial charge in [-0.05, 0) is 17.9 Å². The molecule has 3 N–H and O–H groups in total. The summed E-state index contributed by atoms with van der Waals surface area (Å²) in [5.74, 6) is -2.79. The van der Waals surface area contributed by atoms with Crippen LogP contribution in [0.4, 0.5) is 0 Å². The molecule has 0 amide bonds. The molecule has 0 spiro atoms. The molecule has 0 saturated carbocycles. The van der Waals surface area contributed by atoms with Gasteiger partial charge in [-0.1, -0.05) is 32.1 Å². The summed E-state index contributed by atoms with van der Waals surface area (Å²) in [5.41, 5.74) is 0.532. The Kier molecular flexibility index (Phi) is 5.06. The zero-order chi connectivity index (χ0) is 14.6. The van der Waals surface area contributed by atoms with Crippen molar-refractivity contribution in [2.75, 3.05) is 0 Å². The number of carboxylic acid groups (broad SMARTS) is 2. The maximum absolute atomic E-state index is 11.3. The molecule has 1 atom stereocenters. The van der Waals surface area contributed by atoms with Crippen LogP contribution in [0.2, 0.25) is 0 Å². The fraction of sp³-hybridized carbons (Fsp3) is 0.429. The third kappa shape index (κ3) is 4.06. The molecular formula is C14H18O5. The quantitative estimate of drug-likeness (QED) is 0.659. The molecule has 1 rings (SSSR count). The summed E-state index contributed by atoms with van der Waals surface area (Å²) in [4.78, 5) is 22.4. The fourth-order valence-corrected chi connectivity index (χ4v) is 2.00. The van der Waals surface area contributed by atoms with Crippen LogP contribution in [-0.2, 0) is 9.59 Å². The lowest BCUT2D eigenvalue weighted by molar-refractivity contribution is -0.136. The predicted molar refractivity (Wildman–Crippen MR) is 69.6 cm³/mol. The molecule has 1 aliphatic rings. The Morgan fingerprint density at radius 2 is 1.95 bits per heavy atom. The Morgan fingerprint density at radius 3 is 2.32 bits per heavy atom. The Morgan fingerprint density at radius 1 is 1.32 bits per heavy atom. The summed E-state index contributed by atoms with van der Waals surface area (Å²) in [5, 5.41) is 27.6. The first-order valence-corrected chi connectivity index (χ1v) is 6.07. The van der Waals surface area contributed by atoms with Gasteiger partial charge in [0.25, 0.3) is 0 Å². The highest BCUT2D eigenvalue weighted by atomic mass is 16.4. The van der Waals surface area contributed by atoms with Crippen LogP contribution in [0, 0.1) is 5.92 Å². The number of carboxylic acids is 2. The molecule has 5 heteroatoms. The van der Waals surface area contributed by atoms with Crippen molar-refractivity contribution in [1.29, 1.82) is 0 Å². The van der Waals surface area contributed by atoms with Crippen molar-refractivity contribution in [3.8, 4) is 0 Å². The highest BCUT2D eigenvalue weighted by Gasteiger charge is 2.23. The topological polar surface area (TPSA) is 94.8 Å². The van der Waals surface area contributed by atoms with E-state index in [1.54, 1.807) is 32.1 Å². The second-order valence-corrected chi connectivity index (χ2v) is 4.78. The van der Waals surface area contributed by atoms with E-state index in [0.29, 0.717) is 12.0 Å². The molecule has 5 nitrogen and oxygen atoms in total. The maximum atomic E-state index is 11.3. The van der Waals surface area contributed by atoms with Crippen molar-refractivity contribution in [3.63, 3.8) is 0 Å². The van der Waals surface area contributed by atoms with E-state index in [1.165, 1.54) is 0 Å². The molecule has 0 radical (unpaired) electrons. The average Bonchev–Trinajstić information content (AvgIpc) is 2.29. The van der Waals surface area contributed by atoms with Crippen LogP contribution in [0.1, 0.15) is 26.7 Å². The van der Waals surface area contributed by atoms with Gasteiger partial charge >= 0.3 is 11.9 Å². The molecule has 0 saturated heterocycles. The number of hydrogen-bond donors (Lipinski definition) is 3. The van der Waals surface area contributed by atoms with Gasteiger partial charge in [-0.3, -0.25) is 0 Å². The third-order valence-corrected chi connectivity index (χ3v) is 2.93.